The molecule has 1 aromatic rings. The molecule has 0 amide bonds. The van der Waals surface area contributed by atoms with E-state index in [4.69, 9.17) is 4.52 Å². The number of allylic oxidation sites excluding steroid dienone is 1. The molecule has 4 rings (SSSR count). The predicted octanol–water partition coefficient (Wildman–Crippen LogP) is 3.42. The van der Waals surface area contributed by atoms with E-state index in [2.05, 4.69) is 19.0 Å². The van der Waals surface area contributed by atoms with Gasteiger partial charge in [0.2, 0.25) is 0 Å². The van der Waals surface area contributed by atoms with E-state index in [0.29, 0.717) is 18.8 Å². The van der Waals surface area contributed by atoms with Crippen molar-refractivity contribution in [1.29, 1.82) is 0 Å². The van der Waals surface area contributed by atoms with Crippen LogP contribution in [0.3, 0.4) is 0 Å². The van der Waals surface area contributed by atoms with Crippen LogP contribution in [0.1, 0.15) is 63.7 Å². The Morgan fingerprint density at radius 3 is 2.71 bits per heavy atom. The summed E-state index contributed by atoms with van der Waals surface area (Å²) in [6.07, 6.45) is 8.24. The zero-order valence-electron chi connectivity index (χ0n) is 14.8. The summed E-state index contributed by atoms with van der Waals surface area (Å²) in [7, 11) is 0. The molecular weight excluding hydrogens is 302 g/mol. The van der Waals surface area contributed by atoms with Gasteiger partial charge in [0.15, 0.2) is 0 Å². The zero-order valence-corrected chi connectivity index (χ0v) is 14.8. The fraction of sp³-hybridized carbons (Fsp3) is 0.750. The Labute approximate surface area is 143 Å². The number of nitrogens with zero attached hydrogens (tertiary/aromatic N) is 1. The topological polar surface area (TPSA) is 66.5 Å². The third-order valence-corrected chi connectivity index (χ3v) is 6.84. The first-order chi connectivity index (χ1) is 11.5. The van der Waals surface area contributed by atoms with Crippen molar-refractivity contribution in [2.75, 3.05) is 0 Å². The number of fused-ring (bicyclic) bond motifs is 3. The Hall–Kier alpha value is -1.13. The van der Waals surface area contributed by atoms with Crippen molar-refractivity contribution in [1.82, 2.24) is 5.16 Å². The molecule has 132 valence electrons. The molecule has 0 bridgehead atoms. The predicted molar refractivity (Wildman–Crippen MR) is 91.4 cm³/mol. The number of aliphatic hydroxyl groups excluding tert-OH is 2. The Kier molecular flexibility index (Phi) is 4.08. The van der Waals surface area contributed by atoms with Crippen molar-refractivity contribution in [2.24, 2.45) is 17.3 Å². The fourth-order valence-corrected chi connectivity index (χ4v) is 5.38. The van der Waals surface area contributed by atoms with Crippen LogP contribution in [0.2, 0.25) is 0 Å². The van der Waals surface area contributed by atoms with Crippen LogP contribution >= 0.6 is 0 Å². The fourth-order valence-electron chi connectivity index (χ4n) is 5.38. The average molecular weight is 331 g/mol. The van der Waals surface area contributed by atoms with Crippen LogP contribution in [0.4, 0.5) is 0 Å². The maximum atomic E-state index is 11.0. The molecule has 1 heterocycles. The summed E-state index contributed by atoms with van der Waals surface area (Å²) < 4.78 is 5.35. The lowest BCUT2D eigenvalue weighted by molar-refractivity contribution is -0.0325. The molecule has 3 aliphatic carbocycles. The van der Waals surface area contributed by atoms with Gasteiger partial charge in [-0.3, -0.25) is 0 Å². The van der Waals surface area contributed by atoms with Crippen molar-refractivity contribution in [3.8, 4) is 0 Å². The first kappa shape index (κ1) is 16.3. The molecule has 0 fully saturated rings. The van der Waals surface area contributed by atoms with Crippen molar-refractivity contribution in [3.05, 3.63) is 28.7 Å². The van der Waals surface area contributed by atoms with E-state index in [0.717, 1.165) is 37.9 Å². The molecule has 4 heteroatoms. The average Bonchev–Trinajstić information content (AvgIpc) is 3.13. The van der Waals surface area contributed by atoms with Crippen LogP contribution < -0.4 is 0 Å². The number of hydrogen-bond acceptors (Lipinski definition) is 4. The maximum Gasteiger partial charge on any atom is 0.139 e. The molecule has 0 spiro atoms. The monoisotopic (exact) mass is 331 g/mol. The lowest BCUT2D eigenvalue weighted by Crippen LogP contribution is -2.41. The van der Waals surface area contributed by atoms with Crippen LogP contribution in [-0.4, -0.2) is 27.6 Å². The molecule has 0 aromatic carbocycles. The highest BCUT2D eigenvalue weighted by Gasteiger charge is 2.45. The Morgan fingerprint density at radius 2 is 1.88 bits per heavy atom. The number of rotatable bonds is 0. The van der Waals surface area contributed by atoms with Gasteiger partial charge in [0.25, 0.3) is 0 Å². The summed E-state index contributed by atoms with van der Waals surface area (Å²) >= 11 is 0. The van der Waals surface area contributed by atoms with E-state index in [1.807, 2.05) is 6.20 Å². The Bertz CT molecular complexity index is 645. The molecule has 4 nitrogen and oxygen atoms in total. The first-order valence-corrected chi connectivity index (χ1v) is 9.48. The van der Waals surface area contributed by atoms with Crippen molar-refractivity contribution >= 4 is 0 Å². The van der Waals surface area contributed by atoms with Crippen LogP contribution in [-0.2, 0) is 12.8 Å². The van der Waals surface area contributed by atoms with Gasteiger partial charge in [-0.05, 0) is 56.3 Å². The molecule has 1 aromatic heterocycles. The number of aromatic nitrogens is 1. The molecule has 2 N–H and O–H groups in total. The van der Waals surface area contributed by atoms with Gasteiger partial charge in [0.05, 0.1) is 18.4 Å². The zero-order chi connectivity index (χ0) is 16.9. The third-order valence-electron chi connectivity index (χ3n) is 6.84. The van der Waals surface area contributed by atoms with E-state index in [1.165, 1.54) is 17.6 Å². The van der Waals surface area contributed by atoms with Gasteiger partial charge < -0.3 is 14.7 Å². The minimum atomic E-state index is -0.691. The molecule has 3 aliphatic rings. The highest BCUT2D eigenvalue weighted by Crippen LogP contribution is 2.54. The second-order valence-corrected chi connectivity index (χ2v) is 8.62. The summed E-state index contributed by atoms with van der Waals surface area (Å²) in [6.45, 7) is 4.67. The number of aryl methyl sites for hydroxylation is 2. The molecular formula is C20H29NO3. The highest BCUT2D eigenvalue weighted by atomic mass is 16.5. The van der Waals surface area contributed by atoms with Crippen LogP contribution in [0.15, 0.2) is 21.9 Å². The smallest absolute Gasteiger partial charge is 0.139 e. The second kappa shape index (κ2) is 5.99. The van der Waals surface area contributed by atoms with Gasteiger partial charge in [-0.2, -0.15) is 0 Å². The standard InChI is InChI=1S/C20H29NO3/c1-20(2)10-9-14-15(20)6-5-12-3-4-13-11-21-24-17(13)8-7-16(22)19(23)18(12)14/h11-12,16,18-19,22-23H,3-10H2,1-2H3. The van der Waals surface area contributed by atoms with E-state index in [1.54, 1.807) is 5.57 Å². The SMILES string of the molecule is CC1(C)CCC2=C1CCC1CCc3cnoc3CCC(O)C(O)C21. The quantitative estimate of drug-likeness (QED) is 0.715. The van der Waals surface area contributed by atoms with Gasteiger partial charge in [0.1, 0.15) is 5.76 Å². The molecule has 4 unspecified atom stereocenters. The van der Waals surface area contributed by atoms with Gasteiger partial charge >= 0.3 is 0 Å². The van der Waals surface area contributed by atoms with Gasteiger partial charge in [-0.15, -0.1) is 0 Å². The van der Waals surface area contributed by atoms with E-state index < -0.39 is 12.2 Å². The molecule has 0 saturated carbocycles. The third kappa shape index (κ3) is 2.64. The minimum absolute atomic E-state index is 0.131. The summed E-state index contributed by atoms with van der Waals surface area (Å²) in [5.41, 5.74) is 4.48. The number of hydrogen-bond donors (Lipinski definition) is 2. The summed E-state index contributed by atoms with van der Waals surface area (Å²) in [4.78, 5) is 0. The molecule has 24 heavy (non-hydrogen) atoms. The summed E-state index contributed by atoms with van der Waals surface area (Å²) in [6, 6.07) is 0. The Balaban J connectivity index is 1.68. The van der Waals surface area contributed by atoms with Gasteiger partial charge in [-0.25, -0.2) is 0 Å². The van der Waals surface area contributed by atoms with Crippen LogP contribution in [0.25, 0.3) is 0 Å². The largest absolute Gasteiger partial charge is 0.390 e. The maximum absolute atomic E-state index is 11.0. The minimum Gasteiger partial charge on any atom is -0.390 e. The molecule has 0 radical (unpaired) electrons. The van der Waals surface area contributed by atoms with Crippen LogP contribution in [0.5, 0.6) is 0 Å². The molecule has 4 atom stereocenters. The Morgan fingerprint density at radius 1 is 1.08 bits per heavy atom. The van der Waals surface area contributed by atoms with E-state index in [9.17, 15) is 10.2 Å². The highest BCUT2D eigenvalue weighted by molar-refractivity contribution is 5.33. The van der Waals surface area contributed by atoms with Gasteiger partial charge in [0, 0.05) is 17.9 Å². The lowest BCUT2D eigenvalue weighted by Gasteiger charge is -2.40. The van der Waals surface area contributed by atoms with Crippen LogP contribution in [0, 0.1) is 17.3 Å². The summed E-state index contributed by atoms with van der Waals surface area (Å²) in [5.74, 6) is 1.47. The lowest BCUT2D eigenvalue weighted by atomic mass is 9.67. The second-order valence-electron chi connectivity index (χ2n) is 8.62. The molecule has 0 saturated heterocycles. The van der Waals surface area contributed by atoms with Gasteiger partial charge in [-0.1, -0.05) is 30.2 Å². The number of aliphatic hydroxyl groups is 2. The molecule has 0 aliphatic heterocycles. The normalized spacial score (nSPS) is 36.0. The van der Waals surface area contributed by atoms with Crippen molar-refractivity contribution < 1.29 is 14.7 Å². The van der Waals surface area contributed by atoms with E-state index >= 15 is 0 Å². The van der Waals surface area contributed by atoms with Crippen molar-refractivity contribution in [2.45, 2.75) is 77.4 Å². The summed E-state index contributed by atoms with van der Waals surface area (Å²) in [5, 5.41) is 25.5. The van der Waals surface area contributed by atoms with E-state index in [-0.39, 0.29) is 11.3 Å². The van der Waals surface area contributed by atoms with Crippen molar-refractivity contribution in [3.63, 3.8) is 0 Å². The first-order valence-electron chi connectivity index (χ1n) is 9.48.